The second-order valence-electron chi connectivity index (χ2n) is 6.41. The van der Waals surface area contributed by atoms with Crippen molar-refractivity contribution in [1.82, 2.24) is 29.9 Å². The van der Waals surface area contributed by atoms with E-state index < -0.39 is 6.04 Å². The van der Waals surface area contributed by atoms with E-state index in [0.717, 1.165) is 22.4 Å². The molecular weight excluding hydrogens is 356 g/mol. The molecule has 0 aliphatic rings. The number of ether oxygens (including phenoxy) is 1. The van der Waals surface area contributed by atoms with Crippen molar-refractivity contribution in [1.29, 1.82) is 0 Å². The Kier molecular flexibility index (Phi) is 4.76. The Morgan fingerprint density at radius 2 is 2.07 bits per heavy atom. The number of aromatic nitrogens is 5. The minimum atomic E-state index is -0.419. The third-order valence-corrected chi connectivity index (χ3v) is 4.56. The third kappa shape index (κ3) is 3.44. The van der Waals surface area contributed by atoms with Gasteiger partial charge in [0.25, 0.3) is 0 Å². The molecule has 2 aromatic carbocycles. The van der Waals surface area contributed by atoms with Gasteiger partial charge < -0.3 is 14.6 Å². The summed E-state index contributed by atoms with van der Waals surface area (Å²) in [6.07, 6.45) is 3.55. The molecule has 0 saturated carbocycles. The predicted molar refractivity (Wildman–Crippen MR) is 104 cm³/mol. The number of nitrogens with zero attached hydrogens (tertiary/aromatic N) is 5. The van der Waals surface area contributed by atoms with Crippen molar-refractivity contribution in [2.45, 2.75) is 12.6 Å². The van der Waals surface area contributed by atoms with Crippen LogP contribution in [0.3, 0.4) is 0 Å². The smallest absolute Gasteiger partial charge is 0.242 e. The number of aryl methyl sites for hydroxylation is 1. The van der Waals surface area contributed by atoms with Crippen LogP contribution in [0.2, 0.25) is 0 Å². The molecule has 142 valence electrons. The summed E-state index contributed by atoms with van der Waals surface area (Å²) in [6, 6.07) is 14.7. The summed E-state index contributed by atoms with van der Waals surface area (Å²) >= 11 is 0. The van der Waals surface area contributed by atoms with Crippen LogP contribution in [0.25, 0.3) is 11.0 Å². The molecule has 1 atom stereocenters. The molecular formula is C20H20N6O2. The maximum atomic E-state index is 12.8. The SMILES string of the molecule is COc1cccc(C(NC(=O)Cn2nnc3ccccc32)c2nccn2C)c1. The van der Waals surface area contributed by atoms with Crippen molar-refractivity contribution in [2.75, 3.05) is 7.11 Å². The molecule has 0 aliphatic carbocycles. The lowest BCUT2D eigenvalue weighted by atomic mass is 10.1. The number of carbonyl (C=O) groups excluding carboxylic acids is 1. The van der Waals surface area contributed by atoms with Crippen LogP contribution in [0.5, 0.6) is 5.75 Å². The molecule has 8 heteroatoms. The number of fused-ring (bicyclic) bond motifs is 1. The van der Waals surface area contributed by atoms with Gasteiger partial charge in [-0.05, 0) is 29.8 Å². The topological polar surface area (TPSA) is 86.9 Å². The monoisotopic (exact) mass is 376 g/mol. The highest BCUT2D eigenvalue weighted by molar-refractivity contribution is 5.80. The fraction of sp³-hybridized carbons (Fsp3) is 0.200. The fourth-order valence-corrected chi connectivity index (χ4v) is 3.15. The van der Waals surface area contributed by atoms with Crippen LogP contribution in [0.1, 0.15) is 17.4 Å². The first-order valence-electron chi connectivity index (χ1n) is 8.84. The first-order valence-corrected chi connectivity index (χ1v) is 8.84. The molecule has 1 N–H and O–H groups in total. The summed E-state index contributed by atoms with van der Waals surface area (Å²) < 4.78 is 8.80. The van der Waals surface area contributed by atoms with Crippen LogP contribution in [0, 0.1) is 0 Å². The van der Waals surface area contributed by atoms with Crippen molar-refractivity contribution in [3.05, 3.63) is 72.3 Å². The van der Waals surface area contributed by atoms with E-state index in [1.54, 1.807) is 18.0 Å². The zero-order valence-corrected chi connectivity index (χ0v) is 15.6. The minimum Gasteiger partial charge on any atom is -0.497 e. The normalized spacial score (nSPS) is 12.1. The quantitative estimate of drug-likeness (QED) is 0.557. The van der Waals surface area contributed by atoms with Gasteiger partial charge in [-0.25, -0.2) is 9.67 Å². The van der Waals surface area contributed by atoms with E-state index in [4.69, 9.17) is 4.74 Å². The molecule has 4 rings (SSSR count). The number of para-hydroxylation sites is 1. The number of benzene rings is 2. The molecule has 8 nitrogen and oxygen atoms in total. The van der Waals surface area contributed by atoms with Crippen molar-refractivity contribution in [2.24, 2.45) is 7.05 Å². The number of carbonyl (C=O) groups is 1. The van der Waals surface area contributed by atoms with Gasteiger partial charge >= 0.3 is 0 Å². The van der Waals surface area contributed by atoms with E-state index >= 15 is 0 Å². The maximum absolute atomic E-state index is 12.8. The number of amides is 1. The Hall–Kier alpha value is -3.68. The highest BCUT2D eigenvalue weighted by Crippen LogP contribution is 2.24. The zero-order chi connectivity index (χ0) is 19.5. The van der Waals surface area contributed by atoms with E-state index in [0.29, 0.717) is 5.75 Å². The maximum Gasteiger partial charge on any atom is 0.242 e. The van der Waals surface area contributed by atoms with Crippen LogP contribution >= 0.6 is 0 Å². The molecule has 2 aromatic heterocycles. The number of hydrogen-bond donors (Lipinski definition) is 1. The van der Waals surface area contributed by atoms with Gasteiger partial charge in [0, 0.05) is 19.4 Å². The lowest BCUT2D eigenvalue weighted by Crippen LogP contribution is -2.33. The summed E-state index contributed by atoms with van der Waals surface area (Å²) in [6.45, 7) is 0.0609. The number of methoxy groups -OCH3 is 1. The number of rotatable bonds is 6. The van der Waals surface area contributed by atoms with Gasteiger partial charge in [0.2, 0.25) is 5.91 Å². The first-order chi connectivity index (χ1) is 13.7. The van der Waals surface area contributed by atoms with E-state index in [9.17, 15) is 4.79 Å². The van der Waals surface area contributed by atoms with E-state index in [1.165, 1.54) is 0 Å². The molecule has 28 heavy (non-hydrogen) atoms. The Morgan fingerprint density at radius 3 is 2.86 bits per heavy atom. The van der Waals surface area contributed by atoms with Gasteiger partial charge in [0.15, 0.2) is 0 Å². The van der Waals surface area contributed by atoms with E-state index in [2.05, 4.69) is 20.6 Å². The number of hydrogen-bond acceptors (Lipinski definition) is 5. The predicted octanol–water partition coefficient (Wildman–Crippen LogP) is 2.08. The van der Waals surface area contributed by atoms with Gasteiger partial charge in [0.1, 0.15) is 29.7 Å². The Morgan fingerprint density at radius 1 is 1.21 bits per heavy atom. The average Bonchev–Trinajstić information content (AvgIpc) is 3.32. The van der Waals surface area contributed by atoms with Crippen LogP contribution in [0.4, 0.5) is 0 Å². The van der Waals surface area contributed by atoms with Crippen LogP contribution in [0.15, 0.2) is 60.9 Å². The minimum absolute atomic E-state index is 0.0609. The molecule has 2 heterocycles. The molecule has 4 aromatic rings. The summed E-state index contributed by atoms with van der Waals surface area (Å²) in [5.74, 6) is 1.25. The molecule has 0 fully saturated rings. The summed E-state index contributed by atoms with van der Waals surface area (Å²) in [5.41, 5.74) is 2.45. The lowest BCUT2D eigenvalue weighted by molar-refractivity contribution is -0.122. The van der Waals surface area contributed by atoms with Crippen LogP contribution < -0.4 is 10.1 Å². The van der Waals surface area contributed by atoms with Gasteiger partial charge in [-0.1, -0.05) is 29.5 Å². The number of nitrogens with one attached hydrogen (secondary N) is 1. The van der Waals surface area contributed by atoms with Crippen molar-refractivity contribution in [3.8, 4) is 5.75 Å². The fourth-order valence-electron chi connectivity index (χ4n) is 3.15. The van der Waals surface area contributed by atoms with Crippen molar-refractivity contribution >= 4 is 16.9 Å². The van der Waals surface area contributed by atoms with E-state index in [-0.39, 0.29) is 12.5 Å². The average molecular weight is 376 g/mol. The van der Waals surface area contributed by atoms with E-state index in [1.807, 2.05) is 66.3 Å². The van der Waals surface area contributed by atoms with Crippen molar-refractivity contribution in [3.63, 3.8) is 0 Å². The van der Waals surface area contributed by atoms with Gasteiger partial charge in [-0.15, -0.1) is 5.10 Å². The molecule has 0 aliphatic heterocycles. The second-order valence-corrected chi connectivity index (χ2v) is 6.41. The Balaban J connectivity index is 1.62. The second kappa shape index (κ2) is 7.51. The highest BCUT2D eigenvalue weighted by atomic mass is 16.5. The molecule has 0 bridgehead atoms. The summed E-state index contributed by atoms with van der Waals surface area (Å²) in [5, 5.41) is 11.2. The summed E-state index contributed by atoms with van der Waals surface area (Å²) in [4.78, 5) is 17.3. The van der Waals surface area contributed by atoms with Gasteiger partial charge in [0.05, 0.1) is 12.6 Å². The molecule has 0 radical (unpaired) electrons. The lowest BCUT2D eigenvalue weighted by Gasteiger charge is -2.20. The van der Waals surface area contributed by atoms with Gasteiger partial charge in [-0.2, -0.15) is 0 Å². The number of imidazole rings is 1. The standard InChI is InChI=1S/C20H20N6O2/c1-25-11-10-21-20(25)19(14-6-5-7-15(12-14)28-2)22-18(27)13-26-17-9-4-3-8-16(17)23-24-26/h3-12,19H,13H2,1-2H3,(H,22,27). The Bertz CT molecular complexity index is 1120. The molecule has 1 amide bonds. The molecule has 1 unspecified atom stereocenters. The van der Waals surface area contributed by atoms with Crippen molar-refractivity contribution < 1.29 is 9.53 Å². The zero-order valence-electron chi connectivity index (χ0n) is 15.6. The molecule has 0 saturated heterocycles. The van der Waals surface area contributed by atoms with Crippen LogP contribution in [-0.4, -0.2) is 37.6 Å². The summed E-state index contributed by atoms with van der Waals surface area (Å²) in [7, 11) is 3.51. The molecule has 0 spiro atoms. The largest absolute Gasteiger partial charge is 0.497 e. The van der Waals surface area contributed by atoms with Crippen LogP contribution in [-0.2, 0) is 18.4 Å². The Labute approximate surface area is 161 Å². The highest BCUT2D eigenvalue weighted by Gasteiger charge is 2.22. The van der Waals surface area contributed by atoms with Gasteiger partial charge in [-0.3, -0.25) is 4.79 Å². The third-order valence-electron chi connectivity index (χ3n) is 4.56. The first kappa shape index (κ1) is 17.7.